The minimum Gasteiger partial charge on any atom is -0.375 e. The fourth-order valence-corrected chi connectivity index (χ4v) is 6.83. The van der Waals surface area contributed by atoms with Crippen molar-refractivity contribution in [3.8, 4) is 0 Å². The molecule has 0 heterocycles. The standard InChI is InChI=1S/C42H86O/c1-5-9-13-15-17-19-21-23-25-27-29-31-33-35-39-41(37-11-7-3)43-42(38-12-8-4)40-36-34-32-30-28-26-24-22-20-18-16-14-10-6-2/h41-42H,5-40H2,1-4H3. The van der Waals surface area contributed by atoms with Crippen molar-refractivity contribution >= 4 is 0 Å². The number of hydrogen-bond donors (Lipinski definition) is 0. The topological polar surface area (TPSA) is 9.23 Å². The van der Waals surface area contributed by atoms with Gasteiger partial charge in [0.15, 0.2) is 0 Å². The van der Waals surface area contributed by atoms with Gasteiger partial charge in [0.2, 0.25) is 0 Å². The first-order valence-electron chi connectivity index (χ1n) is 20.9. The van der Waals surface area contributed by atoms with E-state index in [1.807, 2.05) is 0 Å². The molecule has 0 N–H and O–H groups in total. The molecule has 2 unspecified atom stereocenters. The molecular formula is C42H86O. The molecule has 0 aliphatic heterocycles. The molecule has 0 radical (unpaired) electrons. The molecule has 0 saturated heterocycles. The molecule has 0 aliphatic rings. The van der Waals surface area contributed by atoms with E-state index in [4.69, 9.17) is 4.74 Å². The third-order valence-corrected chi connectivity index (χ3v) is 9.90. The summed E-state index contributed by atoms with van der Waals surface area (Å²) in [6.45, 7) is 9.30. The van der Waals surface area contributed by atoms with Crippen LogP contribution in [0.3, 0.4) is 0 Å². The Morgan fingerprint density at radius 1 is 0.233 bits per heavy atom. The summed E-state index contributed by atoms with van der Waals surface area (Å²) in [4.78, 5) is 0. The third kappa shape index (κ3) is 34.7. The fraction of sp³-hybridized carbons (Fsp3) is 1.00. The maximum Gasteiger partial charge on any atom is 0.0578 e. The van der Waals surface area contributed by atoms with Gasteiger partial charge in [-0.05, 0) is 25.7 Å². The number of unbranched alkanes of at least 4 members (excludes halogenated alkanes) is 28. The minimum atomic E-state index is 0.519. The molecule has 1 nitrogen and oxygen atoms in total. The van der Waals surface area contributed by atoms with Crippen LogP contribution in [0.15, 0.2) is 0 Å². The summed E-state index contributed by atoms with van der Waals surface area (Å²) in [6.07, 6.45) is 52.0. The van der Waals surface area contributed by atoms with E-state index in [0.29, 0.717) is 12.2 Å². The zero-order valence-corrected chi connectivity index (χ0v) is 31.0. The van der Waals surface area contributed by atoms with Crippen molar-refractivity contribution in [2.24, 2.45) is 0 Å². The van der Waals surface area contributed by atoms with Crippen LogP contribution in [0, 0.1) is 0 Å². The Labute approximate surface area is 275 Å². The van der Waals surface area contributed by atoms with Gasteiger partial charge in [-0.15, -0.1) is 0 Å². The highest BCUT2D eigenvalue weighted by Gasteiger charge is 2.16. The Morgan fingerprint density at radius 3 is 0.651 bits per heavy atom. The number of rotatable bonds is 38. The smallest absolute Gasteiger partial charge is 0.0578 e. The highest BCUT2D eigenvalue weighted by molar-refractivity contribution is 4.66. The van der Waals surface area contributed by atoms with Gasteiger partial charge in [0.1, 0.15) is 0 Å². The van der Waals surface area contributed by atoms with E-state index in [2.05, 4.69) is 27.7 Å². The van der Waals surface area contributed by atoms with Gasteiger partial charge >= 0.3 is 0 Å². The maximum atomic E-state index is 6.88. The molecule has 2 atom stereocenters. The Kier molecular flexibility index (Phi) is 38.1. The highest BCUT2D eigenvalue weighted by atomic mass is 16.5. The van der Waals surface area contributed by atoms with Gasteiger partial charge in [-0.1, -0.05) is 233 Å². The molecule has 1 heteroatoms. The van der Waals surface area contributed by atoms with E-state index in [1.54, 1.807) is 0 Å². The highest BCUT2D eigenvalue weighted by Crippen LogP contribution is 2.22. The molecule has 260 valence electrons. The monoisotopic (exact) mass is 607 g/mol. The first kappa shape index (κ1) is 43.0. The Morgan fingerprint density at radius 2 is 0.419 bits per heavy atom. The van der Waals surface area contributed by atoms with Crippen molar-refractivity contribution < 1.29 is 4.74 Å². The van der Waals surface area contributed by atoms with Crippen LogP contribution in [-0.4, -0.2) is 12.2 Å². The Balaban J connectivity index is 3.93. The van der Waals surface area contributed by atoms with E-state index >= 15 is 0 Å². The first-order valence-corrected chi connectivity index (χ1v) is 20.9. The van der Waals surface area contributed by atoms with Gasteiger partial charge in [-0.3, -0.25) is 0 Å². The second-order valence-electron chi connectivity index (χ2n) is 14.4. The van der Waals surface area contributed by atoms with Crippen molar-refractivity contribution in [3.63, 3.8) is 0 Å². The summed E-state index contributed by atoms with van der Waals surface area (Å²) in [5, 5.41) is 0. The van der Waals surface area contributed by atoms with Crippen molar-refractivity contribution in [3.05, 3.63) is 0 Å². The molecular weight excluding hydrogens is 520 g/mol. The Bertz CT molecular complexity index is 432. The first-order chi connectivity index (χ1) is 21.3. The zero-order valence-electron chi connectivity index (χ0n) is 31.0. The van der Waals surface area contributed by atoms with Gasteiger partial charge < -0.3 is 4.74 Å². The lowest BCUT2D eigenvalue weighted by Gasteiger charge is -2.25. The van der Waals surface area contributed by atoms with Crippen LogP contribution >= 0.6 is 0 Å². The van der Waals surface area contributed by atoms with Crippen molar-refractivity contribution in [2.45, 2.75) is 271 Å². The molecule has 0 bridgehead atoms. The van der Waals surface area contributed by atoms with E-state index in [9.17, 15) is 0 Å². The SMILES string of the molecule is CCCCCCCCCCCCCCCCC(CCCC)OC(CCCC)CCCCCCCCCCCCCCCC. The predicted octanol–water partition coefficient (Wildman–Crippen LogP) is 15.9. The quantitative estimate of drug-likeness (QED) is 0.0635. The Hall–Kier alpha value is -0.0400. The summed E-state index contributed by atoms with van der Waals surface area (Å²) < 4.78 is 6.88. The second-order valence-corrected chi connectivity index (χ2v) is 14.4. The van der Waals surface area contributed by atoms with E-state index < -0.39 is 0 Å². The molecule has 0 rings (SSSR count). The zero-order chi connectivity index (χ0) is 31.3. The van der Waals surface area contributed by atoms with E-state index in [-0.39, 0.29) is 0 Å². The lowest BCUT2D eigenvalue weighted by Crippen LogP contribution is -2.23. The lowest BCUT2D eigenvalue weighted by molar-refractivity contribution is -0.0321. The average Bonchev–Trinajstić information content (AvgIpc) is 3.02. The molecule has 43 heavy (non-hydrogen) atoms. The van der Waals surface area contributed by atoms with Gasteiger partial charge in [0.05, 0.1) is 12.2 Å². The summed E-state index contributed by atoms with van der Waals surface area (Å²) in [7, 11) is 0. The van der Waals surface area contributed by atoms with Gasteiger partial charge in [0, 0.05) is 0 Å². The summed E-state index contributed by atoms with van der Waals surface area (Å²) in [5.41, 5.74) is 0. The summed E-state index contributed by atoms with van der Waals surface area (Å²) in [5.74, 6) is 0. The molecule has 0 aromatic heterocycles. The van der Waals surface area contributed by atoms with Crippen LogP contribution in [0.1, 0.15) is 259 Å². The molecule has 0 amide bonds. The molecule has 0 fully saturated rings. The second kappa shape index (κ2) is 38.1. The van der Waals surface area contributed by atoms with Crippen LogP contribution in [0.25, 0.3) is 0 Å². The molecule has 0 aromatic carbocycles. The normalized spacial score (nSPS) is 13.1. The van der Waals surface area contributed by atoms with Crippen molar-refractivity contribution in [1.29, 1.82) is 0 Å². The van der Waals surface area contributed by atoms with Crippen LogP contribution in [-0.2, 0) is 4.74 Å². The van der Waals surface area contributed by atoms with Crippen LogP contribution in [0.2, 0.25) is 0 Å². The lowest BCUT2D eigenvalue weighted by atomic mass is 10.0. The average molecular weight is 607 g/mol. The molecule has 0 saturated carbocycles. The van der Waals surface area contributed by atoms with Crippen molar-refractivity contribution in [1.82, 2.24) is 0 Å². The minimum absolute atomic E-state index is 0.519. The number of hydrogen-bond acceptors (Lipinski definition) is 1. The van der Waals surface area contributed by atoms with E-state index in [1.165, 1.54) is 231 Å². The molecule has 0 spiro atoms. The van der Waals surface area contributed by atoms with Gasteiger partial charge in [-0.2, -0.15) is 0 Å². The van der Waals surface area contributed by atoms with Crippen LogP contribution in [0.4, 0.5) is 0 Å². The van der Waals surface area contributed by atoms with Crippen LogP contribution < -0.4 is 0 Å². The summed E-state index contributed by atoms with van der Waals surface area (Å²) in [6, 6.07) is 0. The van der Waals surface area contributed by atoms with Crippen molar-refractivity contribution in [2.75, 3.05) is 0 Å². The number of ether oxygens (including phenoxy) is 1. The molecule has 0 aliphatic carbocycles. The van der Waals surface area contributed by atoms with Crippen LogP contribution in [0.5, 0.6) is 0 Å². The largest absolute Gasteiger partial charge is 0.375 e. The summed E-state index contributed by atoms with van der Waals surface area (Å²) >= 11 is 0. The third-order valence-electron chi connectivity index (χ3n) is 9.90. The molecule has 0 aromatic rings. The van der Waals surface area contributed by atoms with Gasteiger partial charge in [-0.25, -0.2) is 0 Å². The predicted molar refractivity (Wildman–Crippen MR) is 198 cm³/mol. The maximum absolute atomic E-state index is 6.88. The fourth-order valence-electron chi connectivity index (χ4n) is 6.83. The van der Waals surface area contributed by atoms with Gasteiger partial charge in [0.25, 0.3) is 0 Å². The van der Waals surface area contributed by atoms with E-state index in [0.717, 1.165) is 0 Å².